The van der Waals surface area contributed by atoms with Gasteiger partial charge in [-0.05, 0) is 189 Å². The zero-order valence-corrected chi connectivity index (χ0v) is 102. The van der Waals surface area contributed by atoms with Crippen LogP contribution in [0.25, 0.3) is 119 Å². The molecule has 5 radical (unpaired) electrons. The number of rotatable bonds is 16. The van der Waals surface area contributed by atoms with Gasteiger partial charge in [-0.15, -0.1) is 115 Å². The minimum Gasteiger partial charge on any atom is -0.501 e. The molecule has 8 heterocycles. The number of aryl methyl sites for hydroxylation is 12. The summed E-state index contributed by atoms with van der Waals surface area (Å²) >= 11 is 0. The molecule has 1 aliphatic heterocycles. The van der Waals surface area contributed by atoms with E-state index in [0.29, 0.717) is 84.5 Å². The smallest absolute Gasteiger partial charge is 0.254 e. The zero-order valence-electron chi connectivity index (χ0n) is 87.1. The molecule has 0 unspecified atom stereocenters. The van der Waals surface area contributed by atoms with Gasteiger partial charge in [0.05, 0.1) is 54.7 Å². The molecule has 0 spiro atoms. The molecule has 0 saturated carbocycles. The first-order valence-corrected chi connectivity index (χ1v) is 55.7. The van der Waals surface area contributed by atoms with Gasteiger partial charge in [0, 0.05) is 198 Å². The fourth-order valence-electron chi connectivity index (χ4n) is 19.5. The van der Waals surface area contributed by atoms with E-state index in [9.17, 15) is 27.6 Å². The molecule has 29 heteroatoms. The van der Waals surface area contributed by atoms with Gasteiger partial charge >= 0.3 is 0 Å². The first-order valence-electron chi connectivity index (χ1n) is 47.9. The number of benzene rings is 13. The van der Waals surface area contributed by atoms with Crippen molar-refractivity contribution in [3.63, 3.8) is 0 Å². The Morgan fingerprint density at radius 1 is 0.433 bits per heavy atom. The summed E-state index contributed by atoms with van der Waals surface area (Å²) in [4.78, 5) is 27.9. The summed E-state index contributed by atoms with van der Waals surface area (Å²) in [5.41, 5.74) is 26.0. The first-order chi connectivity index (χ1) is 69.0. The molecule has 0 bridgehead atoms. The third-order valence-corrected chi connectivity index (χ3v) is 31.9. The normalized spacial score (nSPS) is 11.9. The number of para-hydroxylation sites is 2. The van der Waals surface area contributed by atoms with E-state index < -0.39 is 34.0 Å². The first kappa shape index (κ1) is 117. The van der Waals surface area contributed by atoms with E-state index in [-0.39, 0.29) is 134 Å². The van der Waals surface area contributed by atoms with Crippen LogP contribution in [0.2, 0.25) is 19.6 Å². The number of nitrogens with zero attached hydrogens (tertiary/aromatic N) is 13. The van der Waals surface area contributed by atoms with Crippen LogP contribution in [0, 0.1) is 153 Å². The standard InChI is InChI=1S/C30H25FN2OP.C24H27FN3Si.C24H29FN2OP.C24H16N3O.C19H15FN3O.5Ir/c1-21-18-22(2)29(23(3)19-21)33-20-28(32-30(33)26-16-10-11-17-27(26)31)35(34,24-12-6-4-7-13-24)25-14-8-5-9-15-25;1-15-12-17(29(5,6)7)13-16(2)20(15)28-21-22(26-14-24(21,3)4)27-23(28)18-10-8-9-11-19(18)25;1-16-12-18(14-24(3,4)5)13-17(2)22(16)27-15-21(29(6,7)28)26-23(27)19-10-8-9-11-20(19)25;1-15-7-5-8-16(2)22(15)27-14-17(13-25)26-24(27)20-11-6-10-19-18-9-3-4-12-21(18)28-23(19)20;1-11-8-12(2)17(13(3)9-11)23-18(14-6-4-5-7-15(14)20)22-16-10-21-24-19(16)23;;;;;/h4-15,17-20H,1-3H3;8-9,11-14H,1-7H3;8-9,11-13,15H,14H2,1-7H3;3-10,12,14H,1-2H3;4-5,7-10H,1-3H3;;;;;/q5*-1;;;;;. The Kier molecular flexibility index (Phi) is 36.9. The van der Waals surface area contributed by atoms with Crippen molar-refractivity contribution in [1.82, 2.24) is 52.9 Å². The molecule has 0 fully saturated rings. The number of imidazole rings is 5. The van der Waals surface area contributed by atoms with E-state index in [4.69, 9.17) is 18.9 Å². The Morgan fingerprint density at radius 2 is 0.847 bits per heavy atom. The molecule has 21 rings (SSSR count). The van der Waals surface area contributed by atoms with Crippen molar-refractivity contribution in [2.24, 2.45) is 10.4 Å². The van der Waals surface area contributed by atoms with E-state index >= 15 is 4.39 Å². The SMILES string of the molecule is Cc1cc(C)c(-n2c(-c3[c-]cccc3F)nc3cnoc32)c(C)c1.Cc1cc(C)c(-n2cc(P(=O)(c3ccccc3)c3ccccc3)nc2-c2[c-]cccc2F)c(C)c1.Cc1cc(CC(C)(C)C)cc(C)c1-n1cc(P(C)(C)=O)nc1-c1[c-]cccc1F.Cc1cc([Si](C)(C)C)cc(C)c1-n1c(-c2[c-]cccc2F)nc2c1C(C)(C)C=N2.Cc1cccc(C)c1-n1cc(C#N)nc1-c1[c-]ccc2c1oc1ccccc12.[Ir].[Ir].[Ir].[Ir].[Ir]. The van der Waals surface area contributed by atoms with Gasteiger partial charge in [-0.25, -0.2) is 4.99 Å². The van der Waals surface area contributed by atoms with Crippen LogP contribution in [0.15, 0.2) is 275 Å². The van der Waals surface area contributed by atoms with Crippen LogP contribution in [0.1, 0.15) is 118 Å². The quantitative estimate of drug-likeness (QED) is 0.0386. The van der Waals surface area contributed by atoms with Gasteiger partial charge < -0.3 is 40.9 Å². The molecule has 0 atom stereocenters. The largest absolute Gasteiger partial charge is 0.501 e. The monoisotopic (exact) mass is 2940 g/mol. The summed E-state index contributed by atoms with van der Waals surface area (Å²) in [5.74, 6) is 1.61. The molecule has 0 saturated heterocycles. The summed E-state index contributed by atoms with van der Waals surface area (Å²) in [6.07, 6.45) is 9.81. The van der Waals surface area contributed by atoms with Crippen molar-refractivity contribution < 1.29 is 136 Å². The van der Waals surface area contributed by atoms with Crippen LogP contribution >= 0.6 is 14.3 Å². The fraction of sp³-hybridized carbons (Fsp3) is 0.207. The van der Waals surface area contributed by atoms with Gasteiger partial charge in [-0.2, -0.15) is 5.26 Å². The van der Waals surface area contributed by atoms with E-state index in [0.717, 1.165) is 118 Å². The van der Waals surface area contributed by atoms with E-state index in [2.05, 4.69) is 223 Å². The molecule has 0 aliphatic carbocycles. The van der Waals surface area contributed by atoms with E-state index in [1.54, 1.807) is 80.5 Å². The minimum absolute atomic E-state index is 0. The Balaban J connectivity index is 0.000000166. The average Bonchev–Trinajstić information content (AvgIpc) is 1.56. The van der Waals surface area contributed by atoms with Crippen molar-refractivity contribution >= 4 is 94.2 Å². The molecule has 777 valence electrons. The van der Waals surface area contributed by atoms with Crippen LogP contribution < -0.4 is 26.7 Å². The molecule has 17 nitrogen and oxygen atoms in total. The van der Waals surface area contributed by atoms with Crippen molar-refractivity contribution in [2.75, 3.05) is 13.3 Å². The summed E-state index contributed by atoms with van der Waals surface area (Å²) in [7, 11) is -7.42. The molecule has 0 amide bonds. The number of fused-ring (bicyclic) bond motifs is 5. The van der Waals surface area contributed by atoms with Crippen molar-refractivity contribution in [3.8, 4) is 91.4 Å². The van der Waals surface area contributed by atoms with Crippen molar-refractivity contribution in [3.05, 3.63) is 399 Å². The third-order valence-electron chi connectivity index (χ3n) is 25.7. The second-order valence-corrected chi connectivity index (χ2v) is 51.3. The second kappa shape index (κ2) is 47.5. The Bertz CT molecular complexity index is 8440. The topological polar surface area (TPSA) is 199 Å². The van der Waals surface area contributed by atoms with Gasteiger partial charge in [0.1, 0.15) is 40.9 Å². The van der Waals surface area contributed by atoms with Gasteiger partial charge in [0.2, 0.25) is 0 Å². The molecule has 7 aromatic heterocycles. The van der Waals surface area contributed by atoms with E-state index in [1.807, 2.05) is 169 Å². The van der Waals surface area contributed by atoms with Crippen LogP contribution in [0.5, 0.6) is 0 Å². The predicted octanol–water partition coefficient (Wildman–Crippen LogP) is 27.9. The molecular weight excluding hydrogens is 2830 g/mol. The molecule has 13 aromatic carbocycles. The van der Waals surface area contributed by atoms with Crippen molar-refractivity contribution in [2.45, 2.75) is 149 Å². The maximum Gasteiger partial charge on any atom is 0.254 e. The third kappa shape index (κ3) is 23.9. The van der Waals surface area contributed by atoms with Gasteiger partial charge in [0.25, 0.3) is 5.71 Å². The number of halogens is 4. The zero-order chi connectivity index (χ0) is 103. The Morgan fingerprint density at radius 3 is 1.32 bits per heavy atom. The second-order valence-electron chi connectivity index (χ2n) is 40.4. The minimum atomic E-state index is -3.35. The summed E-state index contributed by atoms with van der Waals surface area (Å²) < 4.78 is 108. The number of hydrogen-bond acceptors (Lipinski definition) is 12. The van der Waals surface area contributed by atoms with Gasteiger partial charge in [-0.1, -0.05) is 241 Å². The molecule has 20 aromatic rings. The number of aromatic nitrogens is 11. The van der Waals surface area contributed by atoms with Crippen LogP contribution in [-0.2, 0) is 121 Å². The number of hydrogen-bond donors (Lipinski definition) is 0. The number of furan rings is 1. The summed E-state index contributed by atoms with van der Waals surface area (Å²) in [6, 6.07) is 90.3. The van der Waals surface area contributed by atoms with Gasteiger partial charge in [0.15, 0.2) is 13.0 Å². The van der Waals surface area contributed by atoms with Crippen molar-refractivity contribution in [1.29, 1.82) is 5.26 Å². The molecule has 0 N–H and O–H groups in total. The number of nitriles is 1. The molecular formula is C121H112F4Ir5N13O4P2Si-5. The van der Waals surface area contributed by atoms with Gasteiger partial charge in [-0.3, -0.25) is 42.5 Å². The molecule has 150 heavy (non-hydrogen) atoms. The van der Waals surface area contributed by atoms with Crippen LogP contribution in [-0.4, -0.2) is 80.5 Å². The van der Waals surface area contributed by atoms with E-state index in [1.165, 1.54) is 57.9 Å². The Hall–Kier alpha value is -12.0. The summed E-state index contributed by atoms with van der Waals surface area (Å²) in [6.45, 7) is 46.0. The number of aliphatic imine (C=N–C) groups is 1. The fourth-order valence-corrected chi connectivity index (χ4v) is 24.1. The van der Waals surface area contributed by atoms with Crippen LogP contribution in [0.3, 0.4) is 0 Å². The Labute approximate surface area is 943 Å². The maximum absolute atomic E-state index is 15.0. The van der Waals surface area contributed by atoms with Crippen LogP contribution in [0.4, 0.5) is 23.4 Å². The summed E-state index contributed by atoms with van der Waals surface area (Å²) in [5, 5.41) is 18.1. The maximum atomic E-state index is 15.0. The predicted molar refractivity (Wildman–Crippen MR) is 581 cm³/mol. The average molecular weight is 2940 g/mol. The molecule has 1 aliphatic rings.